The van der Waals surface area contributed by atoms with Gasteiger partial charge in [0.05, 0.1) is 19.0 Å². The van der Waals surface area contributed by atoms with Crippen LogP contribution in [0, 0.1) is 0 Å². The van der Waals surface area contributed by atoms with Gasteiger partial charge in [-0.25, -0.2) is 0 Å². The standard InChI is InChI=1S/C19H22N2O4/c1-14-13-21(9-11-24-14)19(23)15-4-2-5-16(12-15)20-18(22)8-7-17-6-3-10-25-17/h2-6,10,12,14H,7-9,11,13H2,1H3,(H,20,22). The molecule has 1 fully saturated rings. The fraction of sp³-hybridized carbons (Fsp3) is 0.368. The summed E-state index contributed by atoms with van der Waals surface area (Å²) in [5.74, 6) is 0.628. The van der Waals surface area contributed by atoms with Crippen LogP contribution in [0.15, 0.2) is 47.1 Å². The van der Waals surface area contributed by atoms with Crippen molar-refractivity contribution in [3.8, 4) is 0 Å². The molecule has 25 heavy (non-hydrogen) atoms. The zero-order valence-corrected chi connectivity index (χ0v) is 14.2. The molecule has 2 heterocycles. The third-order valence-electron chi connectivity index (χ3n) is 4.10. The molecule has 3 rings (SSSR count). The highest BCUT2D eigenvalue weighted by Gasteiger charge is 2.22. The number of hydrogen-bond acceptors (Lipinski definition) is 4. The summed E-state index contributed by atoms with van der Waals surface area (Å²) in [6.45, 7) is 3.67. The third kappa shape index (κ3) is 4.70. The lowest BCUT2D eigenvalue weighted by Gasteiger charge is -2.31. The van der Waals surface area contributed by atoms with Crippen LogP contribution in [0.2, 0.25) is 0 Å². The van der Waals surface area contributed by atoms with Gasteiger partial charge < -0.3 is 19.4 Å². The minimum Gasteiger partial charge on any atom is -0.469 e. The lowest BCUT2D eigenvalue weighted by molar-refractivity contribution is -0.116. The Balaban J connectivity index is 1.58. The van der Waals surface area contributed by atoms with Crippen molar-refractivity contribution in [2.45, 2.75) is 25.9 Å². The second-order valence-corrected chi connectivity index (χ2v) is 6.14. The van der Waals surface area contributed by atoms with Crippen LogP contribution < -0.4 is 5.32 Å². The van der Waals surface area contributed by atoms with Crippen molar-refractivity contribution in [3.05, 3.63) is 54.0 Å². The number of ether oxygens (including phenoxy) is 1. The SMILES string of the molecule is CC1CN(C(=O)c2cccc(NC(=O)CCc3ccco3)c2)CCO1. The molecule has 0 spiro atoms. The molecule has 1 saturated heterocycles. The quantitative estimate of drug-likeness (QED) is 0.907. The second-order valence-electron chi connectivity index (χ2n) is 6.14. The average Bonchev–Trinajstić information content (AvgIpc) is 3.13. The minimum atomic E-state index is -0.110. The average molecular weight is 342 g/mol. The van der Waals surface area contributed by atoms with E-state index in [9.17, 15) is 9.59 Å². The van der Waals surface area contributed by atoms with E-state index in [0.717, 1.165) is 5.76 Å². The van der Waals surface area contributed by atoms with Crippen molar-refractivity contribution in [2.24, 2.45) is 0 Å². The first-order valence-corrected chi connectivity index (χ1v) is 8.45. The van der Waals surface area contributed by atoms with Gasteiger partial charge in [0, 0.05) is 37.2 Å². The Morgan fingerprint density at radius 1 is 1.28 bits per heavy atom. The minimum absolute atomic E-state index is 0.0400. The Labute approximate surface area is 146 Å². The Morgan fingerprint density at radius 3 is 2.92 bits per heavy atom. The maximum absolute atomic E-state index is 12.6. The highest BCUT2D eigenvalue weighted by atomic mass is 16.5. The van der Waals surface area contributed by atoms with Crippen molar-refractivity contribution >= 4 is 17.5 Å². The van der Waals surface area contributed by atoms with E-state index in [-0.39, 0.29) is 17.9 Å². The molecule has 6 nitrogen and oxygen atoms in total. The fourth-order valence-electron chi connectivity index (χ4n) is 2.83. The van der Waals surface area contributed by atoms with E-state index in [4.69, 9.17) is 9.15 Å². The summed E-state index contributed by atoms with van der Waals surface area (Å²) in [5, 5.41) is 2.84. The normalized spacial score (nSPS) is 17.3. The second kappa shape index (κ2) is 7.98. The van der Waals surface area contributed by atoms with E-state index >= 15 is 0 Å². The number of anilines is 1. The Bertz CT molecular complexity index is 727. The zero-order valence-electron chi connectivity index (χ0n) is 14.2. The molecular formula is C19H22N2O4. The molecule has 1 aliphatic rings. The fourth-order valence-corrected chi connectivity index (χ4v) is 2.83. The summed E-state index contributed by atoms with van der Waals surface area (Å²) in [4.78, 5) is 26.5. The van der Waals surface area contributed by atoms with Crippen molar-refractivity contribution in [1.29, 1.82) is 0 Å². The molecule has 0 saturated carbocycles. The Morgan fingerprint density at radius 2 is 2.16 bits per heavy atom. The highest BCUT2D eigenvalue weighted by molar-refractivity contribution is 5.97. The van der Waals surface area contributed by atoms with Crippen LogP contribution in [-0.4, -0.2) is 42.5 Å². The molecule has 132 valence electrons. The summed E-state index contributed by atoms with van der Waals surface area (Å²) in [7, 11) is 0. The van der Waals surface area contributed by atoms with Crippen LogP contribution in [0.25, 0.3) is 0 Å². The number of rotatable bonds is 5. The Hall–Kier alpha value is -2.60. The van der Waals surface area contributed by atoms with Gasteiger partial charge in [-0.2, -0.15) is 0 Å². The third-order valence-corrected chi connectivity index (χ3v) is 4.10. The number of amides is 2. The van der Waals surface area contributed by atoms with Crippen LogP contribution in [0.1, 0.15) is 29.5 Å². The number of carbonyl (C=O) groups excluding carboxylic acids is 2. The van der Waals surface area contributed by atoms with Crippen molar-refractivity contribution in [2.75, 3.05) is 25.0 Å². The predicted octanol–water partition coefficient (Wildman–Crippen LogP) is 2.71. The van der Waals surface area contributed by atoms with Gasteiger partial charge in [-0.1, -0.05) is 6.07 Å². The lowest BCUT2D eigenvalue weighted by atomic mass is 10.1. The van der Waals surface area contributed by atoms with Gasteiger partial charge in [-0.3, -0.25) is 9.59 Å². The number of nitrogens with zero attached hydrogens (tertiary/aromatic N) is 1. The smallest absolute Gasteiger partial charge is 0.254 e. The van der Waals surface area contributed by atoms with Gasteiger partial charge in [-0.15, -0.1) is 0 Å². The monoisotopic (exact) mass is 342 g/mol. The molecule has 0 aliphatic carbocycles. The van der Waals surface area contributed by atoms with E-state index in [2.05, 4.69) is 5.32 Å². The van der Waals surface area contributed by atoms with E-state index in [0.29, 0.717) is 43.8 Å². The Kier molecular flexibility index (Phi) is 5.50. The molecule has 0 bridgehead atoms. The molecule has 1 N–H and O–H groups in total. The zero-order chi connectivity index (χ0) is 17.6. The number of nitrogens with one attached hydrogen (secondary N) is 1. The van der Waals surface area contributed by atoms with E-state index in [1.54, 1.807) is 41.5 Å². The summed E-state index contributed by atoms with van der Waals surface area (Å²) < 4.78 is 10.7. The van der Waals surface area contributed by atoms with Crippen LogP contribution in [0.5, 0.6) is 0 Å². The molecule has 1 aliphatic heterocycles. The van der Waals surface area contributed by atoms with Crippen molar-refractivity contribution in [3.63, 3.8) is 0 Å². The largest absolute Gasteiger partial charge is 0.469 e. The van der Waals surface area contributed by atoms with Gasteiger partial charge in [0.2, 0.25) is 5.91 Å². The lowest BCUT2D eigenvalue weighted by Crippen LogP contribution is -2.44. The summed E-state index contributed by atoms with van der Waals surface area (Å²) in [5.41, 5.74) is 1.19. The van der Waals surface area contributed by atoms with E-state index < -0.39 is 0 Å². The first kappa shape index (κ1) is 17.2. The first-order valence-electron chi connectivity index (χ1n) is 8.45. The summed E-state index contributed by atoms with van der Waals surface area (Å²) >= 11 is 0. The molecule has 1 unspecified atom stereocenters. The van der Waals surface area contributed by atoms with Crippen LogP contribution >= 0.6 is 0 Å². The molecule has 0 radical (unpaired) electrons. The van der Waals surface area contributed by atoms with Crippen molar-refractivity contribution in [1.82, 2.24) is 4.90 Å². The molecule has 1 aromatic carbocycles. The predicted molar refractivity (Wildman–Crippen MR) is 93.4 cm³/mol. The number of aryl methyl sites for hydroxylation is 1. The molecule has 1 atom stereocenters. The van der Waals surface area contributed by atoms with Gasteiger partial charge in [0.1, 0.15) is 5.76 Å². The molecule has 1 aromatic heterocycles. The van der Waals surface area contributed by atoms with Crippen LogP contribution in [-0.2, 0) is 16.0 Å². The maximum atomic E-state index is 12.6. The first-order chi connectivity index (χ1) is 12.1. The van der Waals surface area contributed by atoms with Gasteiger partial charge in [0.25, 0.3) is 5.91 Å². The molecule has 6 heteroatoms. The summed E-state index contributed by atoms with van der Waals surface area (Å²) in [6.07, 6.45) is 2.51. The number of furan rings is 1. The van der Waals surface area contributed by atoms with Crippen LogP contribution in [0.4, 0.5) is 5.69 Å². The number of carbonyl (C=O) groups is 2. The van der Waals surface area contributed by atoms with Crippen molar-refractivity contribution < 1.29 is 18.7 Å². The van der Waals surface area contributed by atoms with Gasteiger partial charge in [-0.05, 0) is 37.3 Å². The topological polar surface area (TPSA) is 71.8 Å². The molecular weight excluding hydrogens is 320 g/mol. The number of benzene rings is 1. The maximum Gasteiger partial charge on any atom is 0.254 e. The van der Waals surface area contributed by atoms with E-state index in [1.807, 2.05) is 13.0 Å². The molecule has 2 aromatic rings. The summed E-state index contributed by atoms with van der Waals surface area (Å²) in [6, 6.07) is 10.7. The number of morpholine rings is 1. The highest BCUT2D eigenvalue weighted by Crippen LogP contribution is 2.15. The van der Waals surface area contributed by atoms with E-state index in [1.165, 1.54) is 0 Å². The number of hydrogen-bond donors (Lipinski definition) is 1. The van der Waals surface area contributed by atoms with Gasteiger partial charge >= 0.3 is 0 Å². The van der Waals surface area contributed by atoms with Crippen LogP contribution in [0.3, 0.4) is 0 Å². The van der Waals surface area contributed by atoms with Gasteiger partial charge in [0.15, 0.2) is 0 Å². The molecule has 2 amide bonds.